The molecule has 40 heavy (non-hydrogen) atoms. The quantitative estimate of drug-likeness (QED) is 0.236. The first-order valence-corrected chi connectivity index (χ1v) is 14.5. The molecule has 210 valence electrons. The molecule has 0 amide bonds. The van der Waals surface area contributed by atoms with Crippen LogP contribution in [0.5, 0.6) is 0 Å². The summed E-state index contributed by atoms with van der Waals surface area (Å²) in [5, 5.41) is 12.9. The van der Waals surface area contributed by atoms with E-state index in [1.54, 1.807) is 13.0 Å². The number of aryl methyl sites for hydroxylation is 1. The van der Waals surface area contributed by atoms with E-state index >= 15 is 0 Å². The van der Waals surface area contributed by atoms with E-state index in [0.29, 0.717) is 33.3 Å². The number of carboxylic acid groups (broad SMARTS) is 1. The molecular formula is C30H33ClN4O4S. The summed E-state index contributed by atoms with van der Waals surface area (Å²) in [7, 11) is 4.28. The molecule has 1 aliphatic rings. The smallest absolute Gasteiger partial charge is 0.356 e. The molecule has 1 aliphatic heterocycles. The van der Waals surface area contributed by atoms with Gasteiger partial charge in [-0.25, -0.2) is 9.78 Å². The number of aromatic nitrogens is 1. The molecule has 1 atom stereocenters. The van der Waals surface area contributed by atoms with E-state index in [9.17, 15) is 14.7 Å². The number of rotatable bonds is 7. The lowest BCUT2D eigenvalue weighted by Gasteiger charge is -2.36. The highest BCUT2D eigenvalue weighted by atomic mass is 35.5. The number of halogens is 1. The Morgan fingerprint density at radius 1 is 1.18 bits per heavy atom. The third kappa shape index (κ3) is 5.33. The van der Waals surface area contributed by atoms with Crippen molar-refractivity contribution < 1.29 is 14.3 Å². The van der Waals surface area contributed by atoms with Gasteiger partial charge in [0.05, 0.1) is 11.7 Å². The van der Waals surface area contributed by atoms with Gasteiger partial charge in [0, 0.05) is 46.4 Å². The molecule has 1 unspecified atom stereocenters. The Hall–Kier alpha value is -3.40. The lowest BCUT2D eigenvalue weighted by atomic mass is 10.0. The van der Waals surface area contributed by atoms with Gasteiger partial charge in [0.1, 0.15) is 15.6 Å². The van der Waals surface area contributed by atoms with E-state index in [-0.39, 0.29) is 22.3 Å². The minimum Gasteiger partial charge on any atom is -0.476 e. The first-order valence-electron chi connectivity index (χ1n) is 13.3. The largest absolute Gasteiger partial charge is 0.476 e. The van der Waals surface area contributed by atoms with Crippen LogP contribution >= 0.6 is 22.9 Å². The molecule has 1 saturated heterocycles. The Morgan fingerprint density at radius 2 is 1.85 bits per heavy atom. The minimum atomic E-state index is -1.18. The minimum absolute atomic E-state index is 0.0583. The van der Waals surface area contributed by atoms with Crippen LogP contribution in [0.3, 0.4) is 0 Å². The van der Waals surface area contributed by atoms with Crippen LogP contribution in [0.25, 0.3) is 21.6 Å². The van der Waals surface area contributed by atoms with Gasteiger partial charge in [-0.1, -0.05) is 11.6 Å². The van der Waals surface area contributed by atoms with Gasteiger partial charge in [-0.3, -0.25) is 4.79 Å². The summed E-state index contributed by atoms with van der Waals surface area (Å²) in [6, 6.07) is 11.6. The molecule has 4 heterocycles. The summed E-state index contributed by atoms with van der Waals surface area (Å²) in [5.74, 6) is -0.639. The van der Waals surface area contributed by atoms with E-state index in [4.69, 9.17) is 16.0 Å². The van der Waals surface area contributed by atoms with Crippen molar-refractivity contribution >= 4 is 50.6 Å². The maximum atomic E-state index is 13.5. The maximum absolute atomic E-state index is 13.5. The topological polar surface area (TPSA) is 98.9 Å². The van der Waals surface area contributed by atoms with Crippen molar-refractivity contribution in [3.63, 3.8) is 0 Å². The zero-order valence-electron chi connectivity index (χ0n) is 23.2. The number of piperidine rings is 1. The van der Waals surface area contributed by atoms with Crippen LogP contribution in [-0.2, 0) is 0 Å². The van der Waals surface area contributed by atoms with E-state index in [1.807, 2.05) is 26.0 Å². The third-order valence-corrected chi connectivity index (χ3v) is 9.05. The lowest BCUT2D eigenvalue weighted by Crippen LogP contribution is -2.41. The second kappa shape index (κ2) is 11.2. The lowest BCUT2D eigenvalue weighted by molar-refractivity contribution is 0.0691. The molecule has 0 bridgehead atoms. The molecule has 2 N–H and O–H groups in total. The highest BCUT2D eigenvalue weighted by molar-refractivity contribution is 7.19. The molecule has 3 aromatic heterocycles. The van der Waals surface area contributed by atoms with Crippen LogP contribution in [0.15, 0.2) is 45.6 Å². The van der Waals surface area contributed by atoms with Gasteiger partial charge < -0.3 is 24.6 Å². The van der Waals surface area contributed by atoms with Crippen molar-refractivity contribution in [3.05, 3.63) is 73.5 Å². The first kappa shape index (κ1) is 28.1. The summed E-state index contributed by atoms with van der Waals surface area (Å²) in [6.07, 6.45) is 2.26. The number of benzene rings is 1. The molecule has 0 radical (unpaired) electrons. The van der Waals surface area contributed by atoms with Crippen LogP contribution in [0.4, 0.5) is 11.4 Å². The number of thiophene rings is 1. The number of aromatic carboxylic acids is 1. The number of pyridine rings is 1. The van der Waals surface area contributed by atoms with Gasteiger partial charge >= 0.3 is 5.97 Å². The summed E-state index contributed by atoms with van der Waals surface area (Å²) < 4.78 is 7.04. The van der Waals surface area contributed by atoms with Crippen molar-refractivity contribution in [2.75, 3.05) is 37.4 Å². The van der Waals surface area contributed by atoms with Crippen LogP contribution in [-0.4, -0.2) is 54.2 Å². The number of fused-ring (bicyclic) bond motifs is 1. The number of nitrogens with one attached hydrogen (secondary N) is 1. The maximum Gasteiger partial charge on any atom is 0.356 e. The van der Waals surface area contributed by atoms with E-state index in [0.717, 1.165) is 47.6 Å². The van der Waals surface area contributed by atoms with E-state index in [2.05, 4.69) is 46.3 Å². The molecule has 1 aromatic carbocycles. The predicted molar refractivity (Wildman–Crippen MR) is 162 cm³/mol. The van der Waals surface area contributed by atoms with Crippen LogP contribution in [0.1, 0.15) is 52.3 Å². The second-order valence-electron chi connectivity index (χ2n) is 10.5. The van der Waals surface area contributed by atoms with Crippen molar-refractivity contribution in [3.8, 4) is 11.3 Å². The molecular weight excluding hydrogens is 548 g/mol. The monoisotopic (exact) mass is 580 g/mol. The van der Waals surface area contributed by atoms with Gasteiger partial charge in [0.25, 0.3) is 0 Å². The number of carboxylic acids is 1. The van der Waals surface area contributed by atoms with Gasteiger partial charge in [-0.05, 0) is 84.1 Å². The fourth-order valence-electron chi connectivity index (χ4n) is 5.50. The Morgan fingerprint density at radius 3 is 2.48 bits per heavy atom. The zero-order valence-corrected chi connectivity index (χ0v) is 24.8. The van der Waals surface area contributed by atoms with E-state index < -0.39 is 5.97 Å². The second-order valence-corrected chi connectivity index (χ2v) is 12.2. The Balaban J connectivity index is 1.47. The number of anilines is 2. The van der Waals surface area contributed by atoms with Crippen LogP contribution in [0.2, 0.25) is 5.15 Å². The van der Waals surface area contributed by atoms with Crippen LogP contribution in [0, 0.1) is 13.8 Å². The Bertz CT molecular complexity index is 1620. The van der Waals surface area contributed by atoms with Gasteiger partial charge in [-0.2, -0.15) is 0 Å². The molecule has 0 saturated carbocycles. The third-order valence-electron chi connectivity index (χ3n) is 7.74. The van der Waals surface area contributed by atoms with Crippen LogP contribution < -0.4 is 15.6 Å². The number of nitrogens with zero attached hydrogens (tertiary/aromatic N) is 3. The molecule has 4 aromatic rings. The highest BCUT2D eigenvalue weighted by Crippen LogP contribution is 2.38. The summed E-state index contributed by atoms with van der Waals surface area (Å²) in [4.78, 5) is 34.8. The number of hydrogen-bond acceptors (Lipinski definition) is 8. The summed E-state index contributed by atoms with van der Waals surface area (Å²) >= 11 is 7.31. The average molecular weight is 581 g/mol. The molecule has 0 aliphatic carbocycles. The SMILES string of the molecule is Cc1sc2c(=O)c(C)c(-c3ccc(N4CCC(N(C)C)CC4)cc3)oc2c1C(C)Nc1ccc(Cl)nc1C(=O)O. The normalized spacial score (nSPS) is 15.1. The predicted octanol–water partition coefficient (Wildman–Crippen LogP) is 6.59. The number of hydrogen-bond donors (Lipinski definition) is 2. The molecule has 8 nitrogen and oxygen atoms in total. The number of carbonyl (C=O) groups is 1. The molecule has 5 rings (SSSR count). The summed E-state index contributed by atoms with van der Waals surface area (Å²) in [6.45, 7) is 7.67. The van der Waals surface area contributed by atoms with Crippen molar-refractivity contribution in [1.82, 2.24) is 9.88 Å². The first-order chi connectivity index (χ1) is 19.0. The zero-order chi connectivity index (χ0) is 28.7. The molecule has 0 spiro atoms. The van der Waals surface area contributed by atoms with Gasteiger partial charge in [-0.15, -0.1) is 11.3 Å². The molecule has 10 heteroatoms. The standard InChI is InChI=1S/C30H33ClN4O4S/c1-16-26(36)29-28(24(18(3)40-29)17(2)32-22-10-11-23(31)33-25(22)30(37)38)39-27(16)19-6-8-21(9-7-19)35-14-12-20(13-15-35)34(4)5/h6-11,17,20,32H,12-15H2,1-5H3,(H,37,38). The van der Waals surface area contributed by atoms with Crippen molar-refractivity contribution in [2.24, 2.45) is 0 Å². The van der Waals surface area contributed by atoms with Gasteiger partial charge in [0.2, 0.25) is 5.43 Å². The van der Waals surface area contributed by atoms with Gasteiger partial charge in [0.15, 0.2) is 11.3 Å². The Labute approximate surface area is 242 Å². The fraction of sp³-hybridized carbons (Fsp3) is 0.367. The van der Waals surface area contributed by atoms with Crippen molar-refractivity contribution in [1.29, 1.82) is 0 Å². The highest BCUT2D eigenvalue weighted by Gasteiger charge is 2.25. The average Bonchev–Trinajstić information content (AvgIpc) is 3.27. The van der Waals surface area contributed by atoms with E-state index in [1.165, 1.54) is 17.4 Å². The fourth-order valence-corrected chi connectivity index (χ4v) is 6.82. The molecule has 1 fully saturated rings. The van der Waals surface area contributed by atoms with Crippen molar-refractivity contribution in [2.45, 2.75) is 45.7 Å². The Kier molecular flexibility index (Phi) is 7.90. The summed E-state index contributed by atoms with van der Waals surface area (Å²) in [5.41, 5.74) is 4.01.